The van der Waals surface area contributed by atoms with E-state index in [1.54, 1.807) is 58.8 Å². The van der Waals surface area contributed by atoms with Crippen molar-refractivity contribution in [3.8, 4) is 0 Å². The lowest BCUT2D eigenvalue weighted by molar-refractivity contribution is -0.145. The lowest BCUT2D eigenvalue weighted by Gasteiger charge is -2.36. The van der Waals surface area contributed by atoms with Crippen molar-refractivity contribution < 1.29 is 38.4 Å². The number of Topliss-reactive ketones (excluding diaryl/α,β-unsaturated/α-hetero) is 2. The molecule has 0 bridgehead atoms. The van der Waals surface area contributed by atoms with Gasteiger partial charge in [0.2, 0.25) is 35.3 Å². The molecule has 0 aromatic heterocycles. The minimum atomic E-state index is -1.22. The van der Waals surface area contributed by atoms with Crippen molar-refractivity contribution in [2.45, 2.75) is 133 Å². The van der Waals surface area contributed by atoms with Gasteiger partial charge in [0.1, 0.15) is 24.2 Å². The van der Waals surface area contributed by atoms with E-state index in [1.165, 1.54) is 13.8 Å². The highest BCUT2D eigenvalue weighted by Gasteiger charge is 2.52. The summed E-state index contributed by atoms with van der Waals surface area (Å²) >= 11 is 3.43. The molecule has 14 nitrogen and oxygen atoms in total. The van der Waals surface area contributed by atoms with Crippen LogP contribution in [0.15, 0.2) is 30.3 Å². The monoisotopic (exact) mass is 828 g/mol. The number of nitrogens with one attached hydrogen (secondary N) is 5. The first-order chi connectivity index (χ1) is 27.1. The molecular formula is C41H60N6O8S2. The van der Waals surface area contributed by atoms with Crippen molar-refractivity contribution in [1.82, 2.24) is 31.5 Å². The first kappa shape index (κ1) is 45.8. The fraction of sp³-hybridized carbons (Fsp3) is 0.659. The topological polar surface area (TPSA) is 200 Å². The van der Waals surface area contributed by atoms with Crippen LogP contribution in [0.25, 0.3) is 0 Å². The zero-order valence-electron chi connectivity index (χ0n) is 33.9. The Labute approximate surface area is 344 Å². The van der Waals surface area contributed by atoms with Crippen LogP contribution in [-0.2, 0) is 38.4 Å². The Morgan fingerprint density at radius 2 is 1.51 bits per heavy atom. The average molecular weight is 829 g/mol. The van der Waals surface area contributed by atoms with Gasteiger partial charge in [-0.05, 0) is 67.9 Å². The Morgan fingerprint density at radius 3 is 2.11 bits per heavy atom. The molecule has 2 heterocycles. The van der Waals surface area contributed by atoms with Gasteiger partial charge in [0.25, 0.3) is 5.91 Å². The second-order valence-corrected chi connectivity index (χ2v) is 19.0. The number of ketones is 2. The van der Waals surface area contributed by atoms with Gasteiger partial charge in [0.15, 0.2) is 5.78 Å². The fourth-order valence-corrected chi connectivity index (χ4v) is 11.2. The third kappa shape index (κ3) is 13.0. The molecule has 2 aliphatic heterocycles. The van der Waals surface area contributed by atoms with Crippen molar-refractivity contribution in [3.63, 3.8) is 0 Å². The molecule has 314 valence electrons. The molecule has 1 aromatic rings. The summed E-state index contributed by atoms with van der Waals surface area (Å²) in [4.78, 5) is 108. The number of benzene rings is 1. The van der Waals surface area contributed by atoms with E-state index >= 15 is 0 Å². The van der Waals surface area contributed by atoms with Crippen molar-refractivity contribution in [2.75, 3.05) is 24.6 Å². The summed E-state index contributed by atoms with van der Waals surface area (Å²) in [6.45, 7) is 8.11. The van der Waals surface area contributed by atoms with Gasteiger partial charge in [0.05, 0.1) is 16.7 Å². The Balaban J connectivity index is 1.52. The minimum Gasteiger partial charge on any atom is -0.345 e. The zero-order valence-corrected chi connectivity index (χ0v) is 35.5. The molecule has 1 spiro atoms. The summed E-state index contributed by atoms with van der Waals surface area (Å²) in [6.07, 6.45) is 6.58. The second-order valence-electron chi connectivity index (χ2n) is 15.8. The Morgan fingerprint density at radius 1 is 0.842 bits per heavy atom. The number of amides is 6. The molecule has 5 N–H and O–H groups in total. The van der Waals surface area contributed by atoms with Crippen LogP contribution in [0.4, 0.5) is 0 Å². The van der Waals surface area contributed by atoms with Crippen LogP contribution in [0.2, 0.25) is 0 Å². The van der Waals surface area contributed by atoms with Crippen LogP contribution in [0, 0.1) is 11.8 Å². The molecule has 0 radical (unpaired) electrons. The van der Waals surface area contributed by atoms with Crippen LogP contribution < -0.4 is 26.6 Å². The molecule has 3 fully saturated rings. The van der Waals surface area contributed by atoms with Gasteiger partial charge in [-0.1, -0.05) is 76.8 Å². The van der Waals surface area contributed by atoms with Crippen LogP contribution in [0.3, 0.4) is 0 Å². The van der Waals surface area contributed by atoms with Crippen molar-refractivity contribution >= 4 is 70.5 Å². The van der Waals surface area contributed by atoms with Crippen LogP contribution in [0.5, 0.6) is 0 Å². The number of hydrogen-bond acceptors (Lipinski definition) is 10. The first-order valence-electron chi connectivity index (χ1n) is 20.3. The molecular weight excluding hydrogens is 769 g/mol. The summed E-state index contributed by atoms with van der Waals surface area (Å²) in [5.41, 5.74) is 0.575. The van der Waals surface area contributed by atoms with Gasteiger partial charge in [-0.2, -0.15) is 0 Å². The van der Waals surface area contributed by atoms with Gasteiger partial charge in [0, 0.05) is 19.9 Å². The lowest BCUT2D eigenvalue weighted by atomic mass is 9.83. The highest BCUT2D eigenvalue weighted by atomic mass is 32.2. The van der Waals surface area contributed by atoms with Crippen molar-refractivity contribution in [3.05, 3.63) is 35.9 Å². The average Bonchev–Trinajstić information content (AvgIpc) is 3.55. The largest absolute Gasteiger partial charge is 0.345 e. The minimum absolute atomic E-state index is 0.0973. The molecule has 4 rings (SSSR count). The van der Waals surface area contributed by atoms with E-state index in [-0.39, 0.29) is 42.4 Å². The third-order valence-electron chi connectivity index (χ3n) is 10.7. The number of nitrogens with zero attached hydrogens (tertiary/aromatic N) is 1. The van der Waals surface area contributed by atoms with Crippen LogP contribution in [0.1, 0.15) is 110 Å². The molecule has 6 amide bonds. The molecule has 1 saturated carbocycles. The highest BCUT2D eigenvalue weighted by molar-refractivity contribution is 8.18. The fourth-order valence-electron chi connectivity index (χ4n) is 7.87. The maximum absolute atomic E-state index is 14.8. The quantitative estimate of drug-likeness (QED) is 0.137. The van der Waals surface area contributed by atoms with Crippen LogP contribution in [-0.4, -0.2) is 105 Å². The molecule has 2 unspecified atom stereocenters. The Bertz CT molecular complexity index is 1610. The highest BCUT2D eigenvalue weighted by Crippen LogP contribution is 2.50. The zero-order chi connectivity index (χ0) is 41.7. The predicted octanol–water partition coefficient (Wildman–Crippen LogP) is 3.19. The summed E-state index contributed by atoms with van der Waals surface area (Å²) in [5, 5.41) is 13.5. The number of likely N-dealkylation sites (tertiary alicyclic amines) is 1. The SMILES string of the molecule is CCCC(NC(=O)C1CC2(CN1C(=O)[C@@H](NC(=O)[C@H](CC(C)C)NC(C)=O)C1CCCCC1)SCCCS2)C(=O)C(=O)NCC(=O)N[C@H](C(C)=O)c1ccccc1. The second kappa shape index (κ2) is 21.7. The molecule has 16 heteroatoms. The summed E-state index contributed by atoms with van der Waals surface area (Å²) in [7, 11) is 0. The van der Waals surface area contributed by atoms with E-state index in [9.17, 15) is 38.4 Å². The number of carbonyl (C=O) groups excluding carboxylic acids is 8. The third-order valence-corrected chi connectivity index (χ3v) is 14.0. The van der Waals surface area contributed by atoms with E-state index in [0.29, 0.717) is 24.8 Å². The van der Waals surface area contributed by atoms with E-state index in [2.05, 4.69) is 26.6 Å². The normalized spacial score (nSPS) is 20.1. The van der Waals surface area contributed by atoms with E-state index in [4.69, 9.17) is 0 Å². The van der Waals surface area contributed by atoms with Crippen molar-refractivity contribution in [1.29, 1.82) is 0 Å². The number of carbonyl (C=O) groups is 8. The Kier molecular flexibility index (Phi) is 17.5. The summed E-state index contributed by atoms with van der Waals surface area (Å²) < 4.78 is -0.458. The number of hydrogen-bond donors (Lipinski definition) is 5. The molecule has 1 aromatic carbocycles. The predicted molar refractivity (Wildman–Crippen MR) is 221 cm³/mol. The summed E-state index contributed by atoms with van der Waals surface area (Å²) in [6, 6.07) is 3.79. The van der Waals surface area contributed by atoms with E-state index in [0.717, 1.165) is 50.0 Å². The van der Waals surface area contributed by atoms with Crippen molar-refractivity contribution in [2.24, 2.45) is 11.8 Å². The van der Waals surface area contributed by atoms with E-state index in [1.807, 2.05) is 20.8 Å². The molecule has 57 heavy (non-hydrogen) atoms. The maximum Gasteiger partial charge on any atom is 0.290 e. The van der Waals surface area contributed by atoms with Gasteiger partial charge in [-0.25, -0.2) is 0 Å². The molecule has 3 aliphatic rings. The molecule has 5 atom stereocenters. The standard InChI is InChI=1S/C41H60N6O8S2/c1-6-14-30(36(51)39(54)42-23-33(50)45-34(26(4)48)28-15-9-7-10-16-28)44-38(53)32-22-41(56-19-13-20-57-41)24-47(32)40(55)35(29-17-11-8-12-18-29)46-37(52)31(21-25(2)3)43-27(5)49/h7,9-10,15-16,25,29-32,34-35H,6,8,11-14,17-24H2,1-5H3,(H,42,54)(H,43,49)(H,44,53)(H,45,50)(H,46,52)/t30?,31-,32?,34+,35-/m0/s1. The summed E-state index contributed by atoms with van der Waals surface area (Å²) in [5.74, 6) is -3.03. The van der Waals surface area contributed by atoms with Gasteiger partial charge in [-0.3, -0.25) is 38.4 Å². The van der Waals surface area contributed by atoms with Gasteiger partial charge in [-0.15, -0.1) is 23.5 Å². The van der Waals surface area contributed by atoms with E-state index < -0.39 is 70.2 Å². The number of rotatable bonds is 18. The number of thioether (sulfide) groups is 2. The van der Waals surface area contributed by atoms with Gasteiger partial charge >= 0.3 is 0 Å². The lowest BCUT2D eigenvalue weighted by Crippen LogP contribution is -2.60. The van der Waals surface area contributed by atoms with Gasteiger partial charge < -0.3 is 31.5 Å². The molecule has 1 aliphatic carbocycles. The smallest absolute Gasteiger partial charge is 0.290 e. The Hall–Kier alpha value is -3.92. The molecule has 2 saturated heterocycles. The van der Waals surface area contributed by atoms with Crippen LogP contribution >= 0.6 is 23.5 Å². The maximum atomic E-state index is 14.8. The first-order valence-corrected chi connectivity index (χ1v) is 22.2.